The van der Waals surface area contributed by atoms with E-state index >= 15 is 0 Å². The molecule has 3 aliphatic rings. The minimum atomic E-state index is -3.90. The minimum absolute atomic E-state index is 0.00854. The number of amides is 1. The number of ether oxygens (including phenoxy) is 3. The quantitative estimate of drug-likeness (QED) is 0.227. The van der Waals surface area contributed by atoms with Crippen LogP contribution in [0.4, 0.5) is 0 Å². The number of allylic oxidation sites excluding steroid dienone is 1. The molecular formula is C37H44N2O7S. The van der Waals surface area contributed by atoms with Crippen molar-refractivity contribution in [2.24, 2.45) is 0 Å². The molecule has 3 aromatic carbocycles. The largest absolute Gasteiger partial charge is 0.497 e. The van der Waals surface area contributed by atoms with Gasteiger partial charge in [-0.25, -0.2) is 8.42 Å². The second-order valence-corrected chi connectivity index (χ2v) is 14.3. The van der Waals surface area contributed by atoms with Crippen LogP contribution in [0.15, 0.2) is 83.5 Å². The zero-order valence-corrected chi connectivity index (χ0v) is 27.8. The predicted octanol–water partition coefficient (Wildman–Crippen LogP) is 5.47. The van der Waals surface area contributed by atoms with Crippen molar-refractivity contribution in [3.8, 4) is 16.9 Å². The summed E-state index contributed by atoms with van der Waals surface area (Å²) < 4.78 is 45.7. The summed E-state index contributed by atoms with van der Waals surface area (Å²) in [6, 6.07) is 21.0. The lowest BCUT2D eigenvalue weighted by Gasteiger charge is -2.33. The molecule has 0 saturated carbocycles. The van der Waals surface area contributed by atoms with Crippen molar-refractivity contribution >= 4 is 15.9 Å². The average molecular weight is 661 g/mol. The Morgan fingerprint density at radius 3 is 2.40 bits per heavy atom. The number of nitrogens with zero attached hydrogens (tertiary/aromatic N) is 2. The molecule has 2 aliphatic heterocycles. The van der Waals surface area contributed by atoms with Gasteiger partial charge in [0.05, 0.1) is 25.2 Å². The van der Waals surface area contributed by atoms with E-state index < -0.39 is 16.3 Å². The second kappa shape index (κ2) is 15.0. The topological polar surface area (TPSA) is 106 Å². The molecule has 1 saturated heterocycles. The monoisotopic (exact) mass is 660 g/mol. The van der Waals surface area contributed by atoms with Crippen LogP contribution in [0.2, 0.25) is 0 Å². The summed E-state index contributed by atoms with van der Waals surface area (Å²) in [5, 5.41) is 9.70. The molecule has 0 spiro atoms. The number of benzene rings is 3. The van der Waals surface area contributed by atoms with E-state index in [1.807, 2.05) is 11.0 Å². The molecule has 1 amide bonds. The van der Waals surface area contributed by atoms with E-state index in [1.54, 1.807) is 12.1 Å². The Morgan fingerprint density at radius 1 is 0.936 bits per heavy atom. The molecule has 3 aromatic rings. The lowest BCUT2D eigenvalue weighted by molar-refractivity contribution is -0.153. The maximum absolute atomic E-state index is 13.9. The van der Waals surface area contributed by atoms with E-state index in [4.69, 9.17) is 14.2 Å². The maximum Gasteiger partial charge on any atom is 0.288 e. The molecule has 2 atom stereocenters. The minimum Gasteiger partial charge on any atom is -0.497 e. The van der Waals surface area contributed by atoms with Gasteiger partial charge in [-0.2, -0.15) is 4.31 Å². The SMILES string of the molecule is COc1ccc(S(=O)(=O)N(CCO)CCO[C@@H]2C[C@H](c3cccc4c3Cc3ccccc3-4)C=C(C(=O)N3CCCCCCC3)O2)cc1. The number of aliphatic hydroxyl groups is 1. The highest BCUT2D eigenvalue weighted by Gasteiger charge is 2.34. The van der Waals surface area contributed by atoms with Gasteiger partial charge in [-0.3, -0.25) is 4.79 Å². The molecule has 0 bridgehead atoms. The van der Waals surface area contributed by atoms with Gasteiger partial charge in [0.1, 0.15) is 5.75 Å². The van der Waals surface area contributed by atoms with Gasteiger partial charge in [0, 0.05) is 38.5 Å². The normalized spacial score (nSPS) is 19.6. The van der Waals surface area contributed by atoms with Crippen LogP contribution in [-0.2, 0) is 30.7 Å². The van der Waals surface area contributed by atoms with E-state index in [2.05, 4.69) is 42.5 Å². The Kier molecular flexibility index (Phi) is 10.6. The van der Waals surface area contributed by atoms with Crippen LogP contribution < -0.4 is 4.74 Å². The van der Waals surface area contributed by atoms with Crippen molar-refractivity contribution in [2.45, 2.75) is 62.0 Å². The molecule has 0 aromatic heterocycles. The summed E-state index contributed by atoms with van der Waals surface area (Å²) in [6.45, 7) is 1.01. The van der Waals surface area contributed by atoms with Crippen molar-refractivity contribution in [1.29, 1.82) is 0 Å². The van der Waals surface area contributed by atoms with E-state index in [9.17, 15) is 18.3 Å². The van der Waals surface area contributed by atoms with E-state index in [1.165, 1.54) is 52.2 Å². The van der Waals surface area contributed by atoms with Crippen LogP contribution in [0.3, 0.4) is 0 Å². The maximum atomic E-state index is 13.9. The molecule has 250 valence electrons. The third-order valence-electron chi connectivity index (χ3n) is 9.39. The number of hydrogen-bond donors (Lipinski definition) is 1. The van der Waals surface area contributed by atoms with Crippen molar-refractivity contribution < 1.29 is 32.5 Å². The van der Waals surface area contributed by atoms with Gasteiger partial charge in [-0.1, -0.05) is 61.7 Å². The second-order valence-electron chi connectivity index (χ2n) is 12.4. The molecule has 9 nitrogen and oxygen atoms in total. The van der Waals surface area contributed by atoms with Crippen LogP contribution in [-0.4, -0.2) is 81.4 Å². The average Bonchev–Trinajstić information content (AvgIpc) is 3.46. The molecule has 0 radical (unpaired) electrons. The lowest BCUT2D eigenvalue weighted by Crippen LogP contribution is -2.39. The number of rotatable bonds is 11. The Hall–Kier alpha value is -3.70. The van der Waals surface area contributed by atoms with Crippen molar-refractivity contribution in [2.75, 3.05) is 46.5 Å². The third-order valence-corrected chi connectivity index (χ3v) is 11.3. The van der Waals surface area contributed by atoms with E-state index in [-0.39, 0.29) is 48.8 Å². The van der Waals surface area contributed by atoms with Crippen LogP contribution in [0.1, 0.15) is 61.1 Å². The van der Waals surface area contributed by atoms with Crippen LogP contribution in [0.5, 0.6) is 5.75 Å². The number of methoxy groups -OCH3 is 1. The molecule has 47 heavy (non-hydrogen) atoms. The Morgan fingerprint density at radius 2 is 1.66 bits per heavy atom. The molecule has 10 heteroatoms. The molecular weight excluding hydrogens is 616 g/mol. The van der Waals surface area contributed by atoms with Crippen LogP contribution in [0, 0.1) is 0 Å². The summed E-state index contributed by atoms with van der Waals surface area (Å²) in [6.07, 6.45) is 7.87. The van der Waals surface area contributed by atoms with Crippen LogP contribution in [0.25, 0.3) is 11.1 Å². The number of likely N-dealkylation sites (tertiary alicyclic amines) is 1. The first kappa shape index (κ1) is 33.2. The first-order valence-corrected chi connectivity index (χ1v) is 18.1. The van der Waals surface area contributed by atoms with Gasteiger partial charge >= 0.3 is 0 Å². The fraction of sp³-hybridized carbons (Fsp3) is 0.432. The first-order chi connectivity index (χ1) is 22.9. The molecule has 1 aliphatic carbocycles. The number of fused-ring (bicyclic) bond motifs is 3. The molecule has 1 N–H and O–H groups in total. The number of sulfonamides is 1. The number of carbonyl (C=O) groups is 1. The summed E-state index contributed by atoms with van der Waals surface area (Å²) in [5.74, 6) is 0.596. The third kappa shape index (κ3) is 7.41. The van der Waals surface area contributed by atoms with Gasteiger partial charge in [0.15, 0.2) is 5.76 Å². The highest BCUT2D eigenvalue weighted by molar-refractivity contribution is 7.89. The highest BCUT2D eigenvalue weighted by atomic mass is 32.2. The molecule has 0 unspecified atom stereocenters. The van der Waals surface area contributed by atoms with Crippen molar-refractivity contribution in [1.82, 2.24) is 9.21 Å². The zero-order chi connectivity index (χ0) is 32.8. The Bertz CT molecular complexity index is 1680. The Labute approximate surface area is 277 Å². The van der Waals surface area contributed by atoms with Gasteiger partial charge in [0.25, 0.3) is 5.91 Å². The summed E-state index contributed by atoms with van der Waals surface area (Å²) in [4.78, 5) is 15.9. The number of aliphatic hydroxyl groups excluding tert-OH is 1. The zero-order valence-electron chi connectivity index (χ0n) is 27.0. The van der Waals surface area contributed by atoms with Crippen molar-refractivity contribution in [3.05, 3.63) is 95.3 Å². The first-order valence-electron chi connectivity index (χ1n) is 16.6. The summed E-state index contributed by atoms with van der Waals surface area (Å²) >= 11 is 0. The highest BCUT2D eigenvalue weighted by Crippen LogP contribution is 2.43. The van der Waals surface area contributed by atoms with Crippen molar-refractivity contribution in [3.63, 3.8) is 0 Å². The van der Waals surface area contributed by atoms with Gasteiger partial charge in [-0.05, 0) is 77.4 Å². The smallest absolute Gasteiger partial charge is 0.288 e. The fourth-order valence-electron chi connectivity index (χ4n) is 6.91. The Balaban J connectivity index is 1.22. The molecule has 1 fully saturated rings. The van der Waals surface area contributed by atoms with Crippen LogP contribution >= 0.6 is 0 Å². The molecule has 6 rings (SSSR count). The number of hydrogen-bond acceptors (Lipinski definition) is 7. The number of carbonyl (C=O) groups excluding carboxylic acids is 1. The lowest BCUT2D eigenvalue weighted by atomic mass is 9.87. The van der Waals surface area contributed by atoms with Gasteiger partial charge < -0.3 is 24.2 Å². The molecule has 2 heterocycles. The van der Waals surface area contributed by atoms with E-state index in [0.717, 1.165) is 37.7 Å². The standard InChI is InChI=1S/C37H44N2O7S/c1-44-29-14-16-30(17-15-29)47(42,43)39(20-22-40)21-23-45-36-26-28(25-35(46-36)37(41)38-18-7-3-2-4-8-19-38)32-12-9-13-33-31-11-6-5-10-27(31)24-34(32)33/h5-6,9-17,25,28,36,40H,2-4,7-8,18-24,26H2,1H3/t28-,36+/m1/s1. The van der Waals surface area contributed by atoms with Gasteiger partial charge in [0.2, 0.25) is 16.3 Å². The fourth-order valence-corrected chi connectivity index (χ4v) is 8.32. The van der Waals surface area contributed by atoms with Gasteiger partial charge in [-0.15, -0.1) is 0 Å². The summed E-state index contributed by atoms with van der Waals surface area (Å²) in [7, 11) is -2.38. The predicted molar refractivity (Wildman–Crippen MR) is 179 cm³/mol. The summed E-state index contributed by atoms with van der Waals surface area (Å²) in [5.41, 5.74) is 6.16. The van der Waals surface area contributed by atoms with E-state index in [0.29, 0.717) is 25.3 Å².